The molecule has 0 bridgehead atoms. The number of hydrogen-bond acceptors (Lipinski definition) is 4. The maximum Gasteiger partial charge on any atom is 0.323 e. The molecule has 1 rings (SSSR count). The first-order valence-corrected chi connectivity index (χ1v) is 5.94. The fourth-order valence-electron chi connectivity index (χ4n) is 1.44. The second kappa shape index (κ2) is 5.80. The smallest absolute Gasteiger partial charge is 0.323 e. The molecule has 0 saturated heterocycles. The average molecular weight is 350 g/mol. The largest absolute Gasteiger partial charge is 0.480 e. The van der Waals surface area contributed by atoms with Crippen molar-refractivity contribution in [2.45, 2.75) is 6.92 Å². The first-order chi connectivity index (χ1) is 7.95. The van der Waals surface area contributed by atoms with Crippen LogP contribution >= 0.6 is 22.6 Å². The van der Waals surface area contributed by atoms with E-state index in [0.717, 1.165) is 3.57 Å². The van der Waals surface area contributed by atoms with Crippen molar-refractivity contribution in [3.05, 3.63) is 31.9 Å². The molecule has 0 radical (unpaired) electrons. The summed E-state index contributed by atoms with van der Waals surface area (Å²) < 4.78 is 0.740. The van der Waals surface area contributed by atoms with Gasteiger partial charge in [0.15, 0.2) is 0 Å². The Kier molecular flexibility index (Phi) is 4.67. The summed E-state index contributed by atoms with van der Waals surface area (Å²) in [7, 11) is 0. The number of hydrogen-bond donors (Lipinski definition) is 1. The first kappa shape index (κ1) is 13.7. The van der Waals surface area contributed by atoms with Crippen LogP contribution in [0.4, 0.5) is 11.4 Å². The second-order valence-electron chi connectivity index (χ2n) is 3.30. The average Bonchev–Trinajstić information content (AvgIpc) is 2.25. The molecule has 0 aliphatic rings. The third kappa shape index (κ3) is 3.55. The summed E-state index contributed by atoms with van der Waals surface area (Å²) in [6.07, 6.45) is 0. The fraction of sp³-hybridized carbons (Fsp3) is 0.300. The van der Waals surface area contributed by atoms with E-state index in [9.17, 15) is 14.9 Å². The predicted molar refractivity (Wildman–Crippen MR) is 71.3 cm³/mol. The highest BCUT2D eigenvalue weighted by atomic mass is 127. The molecule has 92 valence electrons. The number of carboxylic acid groups (broad SMARTS) is 1. The number of nitro benzene ring substituents is 1. The highest BCUT2D eigenvalue weighted by Gasteiger charge is 2.20. The summed E-state index contributed by atoms with van der Waals surface area (Å²) in [6, 6.07) is 4.72. The van der Waals surface area contributed by atoms with E-state index in [1.165, 1.54) is 11.0 Å². The topological polar surface area (TPSA) is 83.7 Å². The number of likely N-dealkylation sites (N-methyl/N-ethyl adjacent to an activating group) is 1. The van der Waals surface area contributed by atoms with Gasteiger partial charge in [0.05, 0.1) is 4.92 Å². The molecule has 0 fully saturated rings. The Hall–Kier alpha value is -1.38. The molecular weight excluding hydrogens is 339 g/mol. The van der Waals surface area contributed by atoms with Crippen LogP contribution in [0.1, 0.15) is 6.92 Å². The summed E-state index contributed by atoms with van der Waals surface area (Å²) in [5.74, 6) is -1.01. The van der Waals surface area contributed by atoms with Crippen molar-refractivity contribution < 1.29 is 14.8 Å². The molecule has 7 heteroatoms. The Balaban J connectivity index is 3.18. The normalized spacial score (nSPS) is 10.0. The molecular formula is C10H11IN2O4. The van der Waals surface area contributed by atoms with Crippen LogP contribution in [0.25, 0.3) is 0 Å². The molecule has 0 spiro atoms. The van der Waals surface area contributed by atoms with Crippen LogP contribution in [0.3, 0.4) is 0 Å². The van der Waals surface area contributed by atoms with Gasteiger partial charge >= 0.3 is 5.97 Å². The Morgan fingerprint density at radius 2 is 2.24 bits per heavy atom. The number of anilines is 1. The Morgan fingerprint density at radius 1 is 1.59 bits per heavy atom. The predicted octanol–water partition coefficient (Wildman–Crippen LogP) is 2.11. The number of nitro groups is 1. The number of carboxylic acids is 1. The summed E-state index contributed by atoms with van der Waals surface area (Å²) in [4.78, 5) is 22.5. The SMILES string of the molecule is CCN(CC(=O)O)c1ccc(I)cc1[N+](=O)[O-]. The number of halogens is 1. The Bertz CT molecular complexity index is 450. The highest BCUT2D eigenvalue weighted by molar-refractivity contribution is 14.1. The Labute approximate surface area is 112 Å². The molecule has 17 heavy (non-hydrogen) atoms. The molecule has 1 aromatic carbocycles. The minimum Gasteiger partial charge on any atom is -0.480 e. The van der Waals surface area contributed by atoms with Gasteiger partial charge in [0.25, 0.3) is 5.69 Å². The zero-order valence-electron chi connectivity index (χ0n) is 9.09. The lowest BCUT2D eigenvalue weighted by Gasteiger charge is -2.20. The van der Waals surface area contributed by atoms with E-state index in [4.69, 9.17) is 5.11 Å². The van der Waals surface area contributed by atoms with Crippen molar-refractivity contribution in [1.29, 1.82) is 0 Å². The quantitative estimate of drug-likeness (QED) is 0.500. The molecule has 1 N–H and O–H groups in total. The zero-order valence-corrected chi connectivity index (χ0v) is 11.2. The molecule has 1 aromatic rings. The van der Waals surface area contributed by atoms with Gasteiger partial charge in [0, 0.05) is 16.2 Å². The van der Waals surface area contributed by atoms with Crippen molar-refractivity contribution in [2.75, 3.05) is 18.0 Å². The minimum absolute atomic E-state index is 0.0694. The maximum atomic E-state index is 10.9. The van der Waals surface area contributed by atoms with Crippen molar-refractivity contribution >= 4 is 39.9 Å². The third-order valence-electron chi connectivity index (χ3n) is 2.18. The molecule has 0 atom stereocenters. The summed E-state index contributed by atoms with van der Waals surface area (Å²) in [5.41, 5.74) is 0.264. The van der Waals surface area contributed by atoms with Crippen LogP contribution in [0.15, 0.2) is 18.2 Å². The monoisotopic (exact) mass is 350 g/mol. The van der Waals surface area contributed by atoms with Crippen molar-refractivity contribution in [1.82, 2.24) is 0 Å². The van der Waals surface area contributed by atoms with Gasteiger partial charge in [-0.1, -0.05) is 0 Å². The van der Waals surface area contributed by atoms with Gasteiger partial charge in [-0.3, -0.25) is 14.9 Å². The van der Waals surface area contributed by atoms with Gasteiger partial charge in [-0.25, -0.2) is 0 Å². The standard InChI is InChI=1S/C10H11IN2O4/c1-2-12(6-10(14)15)8-4-3-7(11)5-9(8)13(16)17/h3-5H,2,6H2,1H3,(H,14,15). The second-order valence-corrected chi connectivity index (χ2v) is 4.54. The fourth-order valence-corrected chi connectivity index (χ4v) is 1.92. The van der Waals surface area contributed by atoms with E-state index in [2.05, 4.69) is 0 Å². The lowest BCUT2D eigenvalue weighted by molar-refractivity contribution is -0.384. The zero-order chi connectivity index (χ0) is 13.0. The molecule has 6 nitrogen and oxygen atoms in total. The summed E-state index contributed by atoms with van der Waals surface area (Å²) >= 11 is 1.98. The van der Waals surface area contributed by atoms with Crippen LogP contribution in [-0.4, -0.2) is 29.1 Å². The summed E-state index contributed by atoms with van der Waals surface area (Å²) in [5, 5.41) is 19.7. The number of rotatable bonds is 5. The van der Waals surface area contributed by atoms with Crippen molar-refractivity contribution in [2.24, 2.45) is 0 Å². The lowest BCUT2D eigenvalue weighted by Crippen LogP contribution is -2.29. The minimum atomic E-state index is -1.01. The van der Waals surface area contributed by atoms with Crippen LogP contribution < -0.4 is 4.90 Å². The van der Waals surface area contributed by atoms with E-state index in [-0.39, 0.29) is 12.2 Å². The maximum absolute atomic E-state index is 10.9. The van der Waals surface area contributed by atoms with E-state index in [1.54, 1.807) is 19.1 Å². The van der Waals surface area contributed by atoms with Crippen molar-refractivity contribution in [3.63, 3.8) is 0 Å². The molecule has 0 amide bonds. The van der Waals surface area contributed by atoms with E-state index in [0.29, 0.717) is 12.2 Å². The van der Waals surface area contributed by atoms with Gasteiger partial charge in [0.2, 0.25) is 0 Å². The van der Waals surface area contributed by atoms with E-state index < -0.39 is 10.9 Å². The van der Waals surface area contributed by atoms with Gasteiger partial charge in [-0.2, -0.15) is 0 Å². The molecule has 0 heterocycles. The molecule has 0 aliphatic heterocycles. The van der Waals surface area contributed by atoms with Crippen LogP contribution in [0.2, 0.25) is 0 Å². The van der Waals surface area contributed by atoms with Gasteiger partial charge in [-0.05, 0) is 41.6 Å². The molecule has 0 unspecified atom stereocenters. The van der Waals surface area contributed by atoms with E-state index >= 15 is 0 Å². The van der Waals surface area contributed by atoms with Gasteiger partial charge < -0.3 is 10.0 Å². The van der Waals surface area contributed by atoms with Gasteiger partial charge in [-0.15, -0.1) is 0 Å². The number of nitrogens with zero attached hydrogens (tertiary/aromatic N) is 2. The number of aliphatic carboxylic acids is 1. The first-order valence-electron chi connectivity index (χ1n) is 4.86. The number of benzene rings is 1. The number of carbonyl (C=O) groups is 1. The molecule has 0 saturated carbocycles. The molecule has 0 aliphatic carbocycles. The third-order valence-corrected chi connectivity index (χ3v) is 2.85. The van der Waals surface area contributed by atoms with Gasteiger partial charge in [0.1, 0.15) is 12.2 Å². The van der Waals surface area contributed by atoms with Crippen LogP contribution in [0, 0.1) is 13.7 Å². The molecule has 0 aromatic heterocycles. The van der Waals surface area contributed by atoms with Crippen LogP contribution in [0.5, 0.6) is 0 Å². The van der Waals surface area contributed by atoms with E-state index in [1.807, 2.05) is 22.6 Å². The van der Waals surface area contributed by atoms with Crippen molar-refractivity contribution in [3.8, 4) is 0 Å². The summed E-state index contributed by atoms with van der Waals surface area (Å²) in [6.45, 7) is 1.90. The Morgan fingerprint density at radius 3 is 2.71 bits per heavy atom. The highest BCUT2D eigenvalue weighted by Crippen LogP contribution is 2.29. The van der Waals surface area contributed by atoms with Crippen LogP contribution in [-0.2, 0) is 4.79 Å². The lowest BCUT2D eigenvalue weighted by atomic mass is 10.2.